The number of aromatic amines is 1. The van der Waals surface area contributed by atoms with Crippen LogP contribution in [0.3, 0.4) is 0 Å². The summed E-state index contributed by atoms with van der Waals surface area (Å²) in [6.45, 7) is 1.18. The molecule has 1 amide bonds. The molecule has 1 aromatic heterocycles. The number of para-hydroxylation sites is 2. The van der Waals surface area contributed by atoms with Crippen LogP contribution in [0.5, 0.6) is 0 Å². The maximum Gasteiger partial charge on any atom is 0.326 e. The fourth-order valence-corrected chi connectivity index (χ4v) is 3.46. The van der Waals surface area contributed by atoms with Crippen molar-refractivity contribution in [2.24, 2.45) is 5.92 Å². The van der Waals surface area contributed by atoms with Crippen LogP contribution >= 0.6 is 0 Å². The molecule has 1 fully saturated rings. The van der Waals surface area contributed by atoms with Crippen LogP contribution in [0.1, 0.15) is 24.3 Å². The third-order valence-electron chi connectivity index (χ3n) is 4.89. The van der Waals surface area contributed by atoms with Gasteiger partial charge in [0.05, 0.1) is 11.0 Å². The maximum atomic E-state index is 12.2. The summed E-state index contributed by atoms with van der Waals surface area (Å²) in [5, 5.41) is 3.01. The summed E-state index contributed by atoms with van der Waals surface area (Å²) < 4.78 is 1.73. The first-order chi connectivity index (χ1) is 12.2. The molecule has 1 aliphatic carbocycles. The second-order valence-corrected chi connectivity index (χ2v) is 6.60. The molecular weight excluding hydrogens is 314 g/mol. The molecule has 1 heterocycles. The summed E-state index contributed by atoms with van der Waals surface area (Å²) >= 11 is 0. The molecule has 25 heavy (non-hydrogen) atoms. The predicted molar refractivity (Wildman–Crippen MR) is 97.5 cm³/mol. The Morgan fingerprint density at radius 1 is 1.12 bits per heavy atom. The van der Waals surface area contributed by atoms with Gasteiger partial charge in [-0.25, -0.2) is 4.79 Å². The van der Waals surface area contributed by atoms with Crippen molar-refractivity contribution in [1.82, 2.24) is 14.9 Å². The Bertz CT molecular complexity index is 942. The topological polar surface area (TPSA) is 66.9 Å². The number of nitrogens with one attached hydrogen (secondary N) is 2. The van der Waals surface area contributed by atoms with Gasteiger partial charge >= 0.3 is 5.69 Å². The Kier molecular flexibility index (Phi) is 4.14. The van der Waals surface area contributed by atoms with Crippen LogP contribution in [0.15, 0.2) is 59.4 Å². The highest BCUT2D eigenvalue weighted by molar-refractivity contribution is 5.82. The van der Waals surface area contributed by atoms with E-state index in [1.54, 1.807) is 4.57 Å². The van der Waals surface area contributed by atoms with Gasteiger partial charge in [-0.1, -0.05) is 42.5 Å². The number of amides is 1. The lowest BCUT2D eigenvalue weighted by Crippen LogP contribution is -2.28. The van der Waals surface area contributed by atoms with E-state index in [-0.39, 0.29) is 17.5 Å². The first kappa shape index (κ1) is 15.7. The maximum absolute atomic E-state index is 12.2. The number of nitrogens with zero attached hydrogens (tertiary/aromatic N) is 1. The average Bonchev–Trinajstić information content (AvgIpc) is 3.38. The molecule has 1 aliphatic rings. The molecular formula is C20H21N3O2. The number of aromatic nitrogens is 2. The highest BCUT2D eigenvalue weighted by Gasteiger charge is 2.43. The predicted octanol–water partition coefficient (Wildman–Crippen LogP) is 2.64. The molecule has 1 saturated carbocycles. The molecule has 0 bridgehead atoms. The number of hydrogen-bond acceptors (Lipinski definition) is 2. The van der Waals surface area contributed by atoms with Crippen molar-refractivity contribution in [3.8, 4) is 0 Å². The highest BCUT2D eigenvalue weighted by atomic mass is 16.2. The van der Waals surface area contributed by atoms with E-state index in [0.29, 0.717) is 19.0 Å². The second kappa shape index (κ2) is 6.59. The molecule has 2 N–H and O–H groups in total. The lowest BCUT2D eigenvalue weighted by Gasteiger charge is -2.06. The molecule has 2 aromatic carbocycles. The largest absolute Gasteiger partial charge is 0.356 e. The van der Waals surface area contributed by atoms with Crippen LogP contribution in [0, 0.1) is 5.92 Å². The fraction of sp³-hybridized carbons (Fsp3) is 0.300. The molecule has 0 radical (unpaired) electrons. The third kappa shape index (κ3) is 3.22. The van der Waals surface area contributed by atoms with Crippen molar-refractivity contribution in [2.45, 2.75) is 25.3 Å². The molecule has 0 saturated heterocycles. The van der Waals surface area contributed by atoms with Crippen LogP contribution < -0.4 is 11.0 Å². The monoisotopic (exact) mass is 335 g/mol. The third-order valence-corrected chi connectivity index (χ3v) is 4.89. The van der Waals surface area contributed by atoms with Gasteiger partial charge in [-0.2, -0.15) is 0 Å². The summed E-state index contributed by atoms with van der Waals surface area (Å²) in [6.07, 6.45) is 1.66. The van der Waals surface area contributed by atoms with E-state index in [4.69, 9.17) is 0 Å². The van der Waals surface area contributed by atoms with Gasteiger partial charge < -0.3 is 10.3 Å². The standard InChI is InChI=1S/C20H21N3O2/c24-19(16-13-15(16)14-7-2-1-3-8-14)21-11-6-12-23-18-10-5-4-9-17(18)22-20(23)25/h1-5,7-10,15-16H,6,11-13H2,(H,21,24)(H,22,25). The number of hydrogen-bond donors (Lipinski definition) is 2. The van der Waals surface area contributed by atoms with Gasteiger partial charge in [0, 0.05) is 19.0 Å². The fourth-order valence-electron chi connectivity index (χ4n) is 3.46. The van der Waals surface area contributed by atoms with Gasteiger partial charge in [0.25, 0.3) is 0 Å². The molecule has 5 heteroatoms. The second-order valence-electron chi connectivity index (χ2n) is 6.60. The number of carbonyl (C=O) groups is 1. The highest BCUT2D eigenvalue weighted by Crippen LogP contribution is 2.47. The normalized spacial score (nSPS) is 19.0. The zero-order chi connectivity index (χ0) is 17.2. The molecule has 3 aromatic rings. The number of fused-ring (bicyclic) bond motifs is 1. The SMILES string of the molecule is O=C(NCCCn1c(=O)[nH]c2ccccc21)C1CC1c1ccccc1. The van der Waals surface area contributed by atoms with E-state index in [1.165, 1.54) is 5.56 Å². The first-order valence-corrected chi connectivity index (χ1v) is 8.74. The van der Waals surface area contributed by atoms with Crippen molar-refractivity contribution < 1.29 is 4.79 Å². The number of benzene rings is 2. The van der Waals surface area contributed by atoms with E-state index in [9.17, 15) is 9.59 Å². The molecule has 4 rings (SSSR count). The van der Waals surface area contributed by atoms with Crippen LogP contribution in [-0.2, 0) is 11.3 Å². The number of aryl methyl sites for hydroxylation is 1. The number of rotatable bonds is 6. The summed E-state index contributed by atoms with van der Waals surface area (Å²) in [6, 6.07) is 17.8. The summed E-state index contributed by atoms with van der Waals surface area (Å²) in [4.78, 5) is 27.1. The molecule has 0 spiro atoms. The van der Waals surface area contributed by atoms with Gasteiger partial charge in [-0.3, -0.25) is 9.36 Å². The zero-order valence-corrected chi connectivity index (χ0v) is 13.9. The lowest BCUT2D eigenvalue weighted by molar-refractivity contribution is -0.122. The Morgan fingerprint density at radius 2 is 1.88 bits per heavy atom. The Balaban J connectivity index is 1.28. The lowest BCUT2D eigenvalue weighted by atomic mass is 10.1. The van der Waals surface area contributed by atoms with E-state index >= 15 is 0 Å². The van der Waals surface area contributed by atoms with E-state index in [2.05, 4.69) is 22.4 Å². The van der Waals surface area contributed by atoms with Gasteiger partial charge in [0.2, 0.25) is 5.91 Å². The average molecular weight is 335 g/mol. The van der Waals surface area contributed by atoms with E-state index in [0.717, 1.165) is 23.9 Å². The van der Waals surface area contributed by atoms with E-state index in [1.807, 2.05) is 42.5 Å². The van der Waals surface area contributed by atoms with Crippen molar-refractivity contribution in [1.29, 1.82) is 0 Å². The van der Waals surface area contributed by atoms with Crippen LogP contribution in [-0.4, -0.2) is 22.0 Å². The molecule has 2 atom stereocenters. The van der Waals surface area contributed by atoms with Crippen LogP contribution in [0.2, 0.25) is 0 Å². The Morgan fingerprint density at radius 3 is 2.72 bits per heavy atom. The minimum Gasteiger partial charge on any atom is -0.356 e. The molecule has 5 nitrogen and oxygen atoms in total. The van der Waals surface area contributed by atoms with Gasteiger partial charge in [0.15, 0.2) is 0 Å². The van der Waals surface area contributed by atoms with Crippen LogP contribution in [0.25, 0.3) is 11.0 Å². The first-order valence-electron chi connectivity index (χ1n) is 8.74. The van der Waals surface area contributed by atoms with Gasteiger partial charge in [-0.15, -0.1) is 0 Å². The van der Waals surface area contributed by atoms with E-state index < -0.39 is 0 Å². The van der Waals surface area contributed by atoms with Crippen LogP contribution in [0.4, 0.5) is 0 Å². The minimum atomic E-state index is -0.0983. The van der Waals surface area contributed by atoms with Crippen molar-refractivity contribution in [3.05, 3.63) is 70.6 Å². The summed E-state index contributed by atoms with van der Waals surface area (Å²) in [5.74, 6) is 0.579. The molecule has 2 unspecified atom stereocenters. The van der Waals surface area contributed by atoms with Gasteiger partial charge in [0.1, 0.15) is 0 Å². The molecule has 128 valence electrons. The number of imidazole rings is 1. The quantitative estimate of drug-likeness (QED) is 0.680. The Hall–Kier alpha value is -2.82. The molecule has 0 aliphatic heterocycles. The Labute approximate surface area is 145 Å². The smallest absolute Gasteiger partial charge is 0.326 e. The zero-order valence-electron chi connectivity index (χ0n) is 13.9. The van der Waals surface area contributed by atoms with Crippen molar-refractivity contribution >= 4 is 16.9 Å². The van der Waals surface area contributed by atoms with Gasteiger partial charge in [-0.05, 0) is 36.5 Å². The summed E-state index contributed by atoms with van der Waals surface area (Å²) in [5.41, 5.74) is 2.90. The summed E-state index contributed by atoms with van der Waals surface area (Å²) in [7, 11) is 0. The number of H-pyrrole nitrogens is 1. The van der Waals surface area contributed by atoms with Crippen molar-refractivity contribution in [3.63, 3.8) is 0 Å². The van der Waals surface area contributed by atoms with Crippen molar-refractivity contribution in [2.75, 3.05) is 6.54 Å². The number of carbonyl (C=O) groups excluding carboxylic acids is 1. The minimum absolute atomic E-state index is 0.0956.